The maximum Gasteiger partial charge on any atom is 0.433 e. The largest absolute Gasteiger partial charge is 0.433 e. The first-order chi connectivity index (χ1) is 12.4. The van der Waals surface area contributed by atoms with Gasteiger partial charge in [-0.2, -0.15) is 18.3 Å². The van der Waals surface area contributed by atoms with Crippen molar-refractivity contribution in [3.8, 4) is 22.4 Å². The summed E-state index contributed by atoms with van der Waals surface area (Å²) >= 11 is 5.90. The second-order valence-corrected chi connectivity index (χ2v) is 6.13. The van der Waals surface area contributed by atoms with Crippen LogP contribution in [0.2, 0.25) is 5.02 Å². The Balaban J connectivity index is 2.01. The SMILES string of the molecule is FC(F)(F)c1cc(-c2ccccc2)nc2c(-c3ccc(Cl)cc3)cnn12. The molecule has 130 valence electrons. The van der Waals surface area contributed by atoms with Crippen LogP contribution in [0.5, 0.6) is 0 Å². The van der Waals surface area contributed by atoms with Gasteiger partial charge in [0, 0.05) is 16.1 Å². The molecule has 0 aliphatic carbocycles. The van der Waals surface area contributed by atoms with E-state index < -0.39 is 11.9 Å². The summed E-state index contributed by atoms with van der Waals surface area (Å²) < 4.78 is 41.5. The van der Waals surface area contributed by atoms with Crippen LogP contribution in [-0.2, 0) is 6.18 Å². The fraction of sp³-hybridized carbons (Fsp3) is 0.0526. The van der Waals surface area contributed by atoms with Crippen molar-refractivity contribution in [2.45, 2.75) is 6.18 Å². The Morgan fingerprint density at radius 1 is 0.885 bits per heavy atom. The summed E-state index contributed by atoms with van der Waals surface area (Å²) in [6.45, 7) is 0. The maximum absolute atomic E-state index is 13.6. The first kappa shape index (κ1) is 16.6. The first-order valence-corrected chi connectivity index (χ1v) is 8.08. The van der Waals surface area contributed by atoms with Crippen LogP contribution in [-0.4, -0.2) is 14.6 Å². The van der Waals surface area contributed by atoms with E-state index >= 15 is 0 Å². The molecule has 0 fully saturated rings. The van der Waals surface area contributed by atoms with Crippen LogP contribution in [0.3, 0.4) is 0 Å². The smallest absolute Gasteiger partial charge is 0.228 e. The third kappa shape index (κ3) is 2.93. The Bertz CT molecular complexity index is 1070. The number of benzene rings is 2. The lowest BCUT2D eigenvalue weighted by Gasteiger charge is -2.11. The van der Waals surface area contributed by atoms with Gasteiger partial charge < -0.3 is 0 Å². The van der Waals surface area contributed by atoms with Gasteiger partial charge in [-0.3, -0.25) is 0 Å². The number of alkyl halides is 3. The predicted molar refractivity (Wildman–Crippen MR) is 93.9 cm³/mol. The van der Waals surface area contributed by atoms with Crippen LogP contribution < -0.4 is 0 Å². The van der Waals surface area contributed by atoms with E-state index in [0.29, 0.717) is 21.7 Å². The molecule has 2 aromatic carbocycles. The molecule has 7 heteroatoms. The molecule has 2 aromatic heterocycles. The second-order valence-electron chi connectivity index (χ2n) is 5.69. The minimum atomic E-state index is -4.56. The standard InChI is InChI=1S/C19H11ClF3N3/c20-14-8-6-12(7-9-14)15-11-24-26-17(19(21,22)23)10-16(25-18(15)26)13-4-2-1-3-5-13/h1-11H. The van der Waals surface area contributed by atoms with E-state index in [0.717, 1.165) is 10.6 Å². The zero-order valence-electron chi connectivity index (χ0n) is 13.2. The molecule has 3 nitrogen and oxygen atoms in total. The molecular weight excluding hydrogens is 363 g/mol. The maximum atomic E-state index is 13.6. The van der Waals surface area contributed by atoms with Crippen molar-refractivity contribution in [1.29, 1.82) is 0 Å². The average Bonchev–Trinajstić information content (AvgIpc) is 3.05. The molecule has 0 radical (unpaired) electrons. The zero-order chi connectivity index (χ0) is 18.3. The van der Waals surface area contributed by atoms with E-state index in [9.17, 15) is 13.2 Å². The number of nitrogens with zero attached hydrogens (tertiary/aromatic N) is 3. The third-order valence-corrected chi connectivity index (χ3v) is 4.24. The van der Waals surface area contributed by atoms with Crippen LogP contribution in [0, 0.1) is 0 Å². The van der Waals surface area contributed by atoms with E-state index in [1.807, 2.05) is 0 Å². The van der Waals surface area contributed by atoms with Gasteiger partial charge in [0.25, 0.3) is 0 Å². The highest BCUT2D eigenvalue weighted by atomic mass is 35.5. The zero-order valence-corrected chi connectivity index (χ0v) is 14.0. The highest BCUT2D eigenvalue weighted by Crippen LogP contribution is 2.34. The van der Waals surface area contributed by atoms with Crippen LogP contribution in [0.15, 0.2) is 66.9 Å². The topological polar surface area (TPSA) is 30.2 Å². The van der Waals surface area contributed by atoms with Gasteiger partial charge in [0.1, 0.15) is 0 Å². The molecule has 26 heavy (non-hydrogen) atoms. The summed E-state index contributed by atoms with van der Waals surface area (Å²) in [5, 5.41) is 4.46. The van der Waals surface area contributed by atoms with Gasteiger partial charge in [-0.1, -0.05) is 54.1 Å². The highest BCUT2D eigenvalue weighted by molar-refractivity contribution is 6.30. The summed E-state index contributed by atoms with van der Waals surface area (Å²) in [7, 11) is 0. The lowest BCUT2D eigenvalue weighted by molar-refractivity contribution is -0.142. The minimum Gasteiger partial charge on any atom is -0.228 e. The van der Waals surface area contributed by atoms with Gasteiger partial charge in [-0.15, -0.1) is 0 Å². The molecule has 4 aromatic rings. The van der Waals surface area contributed by atoms with Gasteiger partial charge in [0.05, 0.1) is 11.9 Å². The van der Waals surface area contributed by atoms with Crippen molar-refractivity contribution < 1.29 is 13.2 Å². The number of fused-ring (bicyclic) bond motifs is 1. The fourth-order valence-electron chi connectivity index (χ4n) is 2.75. The number of halogens is 4. The van der Waals surface area contributed by atoms with Gasteiger partial charge in [0.15, 0.2) is 11.3 Å². The Morgan fingerprint density at radius 3 is 2.23 bits per heavy atom. The summed E-state index contributed by atoms with van der Waals surface area (Å²) in [5.74, 6) is 0. The summed E-state index contributed by atoms with van der Waals surface area (Å²) in [4.78, 5) is 4.45. The van der Waals surface area contributed by atoms with Crippen LogP contribution >= 0.6 is 11.6 Å². The van der Waals surface area contributed by atoms with E-state index in [-0.39, 0.29) is 11.3 Å². The van der Waals surface area contributed by atoms with E-state index in [1.54, 1.807) is 54.6 Å². The second kappa shape index (κ2) is 6.14. The highest BCUT2D eigenvalue weighted by Gasteiger charge is 2.35. The lowest BCUT2D eigenvalue weighted by Crippen LogP contribution is -2.13. The Kier molecular flexibility index (Phi) is 3.92. The summed E-state index contributed by atoms with van der Waals surface area (Å²) in [5.41, 5.74) is 1.30. The number of hydrogen-bond acceptors (Lipinski definition) is 2. The Morgan fingerprint density at radius 2 is 1.58 bits per heavy atom. The molecule has 0 unspecified atom stereocenters. The quantitative estimate of drug-likeness (QED) is 0.449. The van der Waals surface area contributed by atoms with Crippen LogP contribution in [0.25, 0.3) is 28.0 Å². The van der Waals surface area contributed by atoms with Crippen molar-refractivity contribution >= 4 is 17.2 Å². The Hall–Kier alpha value is -2.86. The molecule has 0 amide bonds. The molecule has 4 rings (SSSR count). The van der Waals surface area contributed by atoms with Crippen molar-refractivity contribution in [2.24, 2.45) is 0 Å². The molecule has 2 heterocycles. The van der Waals surface area contributed by atoms with E-state index in [2.05, 4.69) is 10.1 Å². The van der Waals surface area contributed by atoms with Gasteiger partial charge in [-0.05, 0) is 23.8 Å². The van der Waals surface area contributed by atoms with Gasteiger partial charge in [-0.25, -0.2) is 9.50 Å². The monoisotopic (exact) mass is 373 g/mol. The van der Waals surface area contributed by atoms with Gasteiger partial charge >= 0.3 is 6.18 Å². The van der Waals surface area contributed by atoms with E-state index in [1.165, 1.54) is 6.20 Å². The molecule has 0 aliphatic heterocycles. The molecule has 0 saturated carbocycles. The number of aromatic nitrogens is 3. The average molecular weight is 374 g/mol. The third-order valence-electron chi connectivity index (χ3n) is 3.99. The van der Waals surface area contributed by atoms with Gasteiger partial charge in [0.2, 0.25) is 0 Å². The predicted octanol–water partition coefficient (Wildman–Crippen LogP) is 5.74. The van der Waals surface area contributed by atoms with Crippen molar-refractivity contribution in [3.63, 3.8) is 0 Å². The molecule has 0 saturated heterocycles. The molecular formula is C19H11ClF3N3. The first-order valence-electron chi connectivity index (χ1n) is 7.71. The number of hydrogen-bond donors (Lipinski definition) is 0. The molecule has 0 spiro atoms. The van der Waals surface area contributed by atoms with Crippen molar-refractivity contribution in [3.05, 3.63) is 77.6 Å². The molecule has 0 bridgehead atoms. The molecule has 0 atom stereocenters. The van der Waals surface area contributed by atoms with E-state index in [4.69, 9.17) is 11.6 Å². The fourth-order valence-corrected chi connectivity index (χ4v) is 2.88. The van der Waals surface area contributed by atoms with Crippen LogP contribution in [0.1, 0.15) is 5.69 Å². The molecule has 0 N–H and O–H groups in total. The normalized spacial score (nSPS) is 11.8. The molecule has 0 aliphatic rings. The minimum absolute atomic E-state index is 0.140. The summed E-state index contributed by atoms with van der Waals surface area (Å²) in [6, 6.07) is 16.6. The van der Waals surface area contributed by atoms with Crippen molar-refractivity contribution in [2.75, 3.05) is 0 Å². The lowest BCUT2D eigenvalue weighted by atomic mass is 10.1. The Labute approximate surface area is 151 Å². The number of rotatable bonds is 2. The van der Waals surface area contributed by atoms with Crippen LogP contribution in [0.4, 0.5) is 13.2 Å². The summed E-state index contributed by atoms with van der Waals surface area (Å²) in [6.07, 6.45) is -3.18. The van der Waals surface area contributed by atoms with Crippen molar-refractivity contribution in [1.82, 2.24) is 14.6 Å².